The Morgan fingerprint density at radius 2 is 2.21 bits per heavy atom. The normalized spacial score (nSPS) is 11.4. The predicted molar refractivity (Wildman–Crippen MR) is 55.0 cm³/mol. The van der Waals surface area contributed by atoms with Crippen LogP contribution in [0.1, 0.15) is 29.8 Å². The molecule has 1 aromatic rings. The molecular formula is C12H12O2. The van der Waals surface area contributed by atoms with Crippen LogP contribution in [-0.4, -0.2) is 17.0 Å². The summed E-state index contributed by atoms with van der Waals surface area (Å²) in [6.07, 6.45) is -0.643. The Morgan fingerprint density at radius 3 is 2.79 bits per heavy atom. The summed E-state index contributed by atoms with van der Waals surface area (Å²) in [6.45, 7) is 3.11. The highest BCUT2D eigenvalue weighted by molar-refractivity contribution is 5.94. The third-order valence-corrected chi connectivity index (χ3v) is 1.69. The minimum Gasteiger partial charge on any atom is -0.381 e. The molecule has 0 fully saturated rings. The molecule has 0 radical (unpaired) electrons. The number of carbonyl (C=O) groups excluding carboxylic acids is 1. The van der Waals surface area contributed by atoms with Crippen LogP contribution in [0.15, 0.2) is 24.3 Å². The summed E-state index contributed by atoms with van der Waals surface area (Å²) in [7, 11) is 0. The van der Waals surface area contributed by atoms with Gasteiger partial charge in [0.1, 0.15) is 6.10 Å². The van der Waals surface area contributed by atoms with Gasteiger partial charge in [0, 0.05) is 11.1 Å². The predicted octanol–water partition coefficient (Wildman–Crippen LogP) is 1.62. The van der Waals surface area contributed by atoms with Crippen LogP contribution in [0, 0.1) is 11.8 Å². The summed E-state index contributed by atoms with van der Waals surface area (Å²) in [5.74, 6) is 5.43. The molecule has 0 heterocycles. The molecule has 0 aliphatic rings. The van der Waals surface area contributed by atoms with Crippen LogP contribution in [-0.2, 0) is 0 Å². The van der Waals surface area contributed by atoms with Gasteiger partial charge < -0.3 is 5.11 Å². The molecule has 0 aromatic heterocycles. The number of benzene rings is 1. The highest BCUT2D eigenvalue weighted by atomic mass is 16.3. The largest absolute Gasteiger partial charge is 0.381 e. The number of rotatable bonds is 1. The summed E-state index contributed by atoms with van der Waals surface area (Å²) in [5.41, 5.74) is 1.39. The SMILES string of the molecule is CC(=O)c1cccc(C#C[C@H](C)O)c1. The van der Waals surface area contributed by atoms with E-state index in [0.29, 0.717) is 5.56 Å². The van der Waals surface area contributed by atoms with Gasteiger partial charge in [-0.1, -0.05) is 24.0 Å². The Kier molecular flexibility index (Phi) is 3.44. The van der Waals surface area contributed by atoms with Crippen LogP contribution < -0.4 is 0 Å². The third kappa shape index (κ3) is 3.04. The first-order chi connectivity index (χ1) is 6.59. The highest BCUT2D eigenvalue weighted by Crippen LogP contribution is 2.04. The lowest BCUT2D eigenvalue weighted by Gasteiger charge is -1.95. The summed E-state index contributed by atoms with van der Waals surface area (Å²) in [6, 6.07) is 7.05. The van der Waals surface area contributed by atoms with Gasteiger partial charge in [-0.15, -0.1) is 0 Å². The molecule has 0 saturated heterocycles. The van der Waals surface area contributed by atoms with Crippen LogP contribution in [0.25, 0.3) is 0 Å². The summed E-state index contributed by atoms with van der Waals surface area (Å²) < 4.78 is 0. The molecule has 0 saturated carbocycles. The Bertz CT molecular complexity index is 394. The maximum Gasteiger partial charge on any atom is 0.159 e. The minimum absolute atomic E-state index is 0.0192. The van der Waals surface area contributed by atoms with Crippen LogP contribution in [0.2, 0.25) is 0 Å². The van der Waals surface area contributed by atoms with Crippen LogP contribution in [0.3, 0.4) is 0 Å². The molecule has 1 aromatic carbocycles. The lowest BCUT2D eigenvalue weighted by atomic mass is 10.1. The topological polar surface area (TPSA) is 37.3 Å². The molecular weight excluding hydrogens is 176 g/mol. The van der Waals surface area contributed by atoms with Crippen LogP contribution in [0.4, 0.5) is 0 Å². The second-order valence-electron chi connectivity index (χ2n) is 3.08. The number of hydrogen-bond donors (Lipinski definition) is 1. The molecule has 72 valence electrons. The van der Waals surface area contributed by atoms with Gasteiger partial charge in [0.15, 0.2) is 5.78 Å². The van der Waals surface area contributed by atoms with Crippen molar-refractivity contribution in [3.8, 4) is 11.8 Å². The van der Waals surface area contributed by atoms with Crippen molar-refractivity contribution in [3.63, 3.8) is 0 Å². The number of aliphatic hydroxyl groups is 1. The number of Topliss-reactive ketones (excluding diaryl/α,β-unsaturated/α-hetero) is 1. The highest BCUT2D eigenvalue weighted by Gasteiger charge is 1.98. The third-order valence-electron chi connectivity index (χ3n) is 1.69. The standard InChI is InChI=1S/C12H12O2/c1-9(13)6-7-11-4-3-5-12(8-11)10(2)14/h3-5,8-9,13H,1-2H3/t9-/m0/s1. The lowest BCUT2D eigenvalue weighted by Crippen LogP contribution is -1.94. The number of hydrogen-bond acceptors (Lipinski definition) is 2. The van der Waals surface area contributed by atoms with Gasteiger partial charge in [0.25, 0.3) is 0 Å². The van der Waals surface area contributed by atoms with Crippen molar-refractivity contribution in [2.75, 3.05) is 0 Å². The van der Waals surface area contributed by atoms with Crippen molar-refractivity contribution in [2.45, 2.75) is 20.0 Å². The fourth-order valence-electron chi connectivity index (χ4n) is 1.00. The molecule has 0 unspecified atom stereocenters. The number of aliphatic hydroxyl groups excluding tert-OH is 1. The zero-order valence-corrected chi connectivity index (χ0v) is 8.24. The average molecular weight is 188 g/mol. The van der Waals surface area contributed by atoms with Crippen molar-refractivity contribution in [1.29, 1.82) is 0 Å². The van der Waals surface area contributed by atoms with Gasteiger partial charge in [-0.2, -0.15) is 0 Å². The van der Waals surface area contributed by atoms with E-state index >= 15 is 0 Å². The molecule has 1 N–H and O–H groups in total. The smallest absolute Gasteiger partial charge is 0.159 e. The first-order valence-electron chi connectivity index (χ1n) is 4.40. The molecule has 2 heteroatoms. The van der Waals surface area contributed by atoms with Crippen molar-refractivity contribution in [1.82, 2.24) is 0 Å². The quantitative estimate of drug-likeness (QED) is 0.537. The summed E-state index contributed by atoms with van der Waals surface area (Å²) in [5, 5.41) is 8.95. The van der Waals surface area contributed by atoms with E-state index < -0.39 is 6.10 Å². The first kappa shape index (κ1) is 10.5. The van der Waals surface area contributed by atoms with E-state index in [2.05, 4.69) is 11.8 Å². The molecule has 0 aliphatic carbocycles. The van der Waals surface area contributed by atoms with Gasteiger partial charge in [-0.05, 0) is 26.0 Å². The Balaban J connectivity index is 2.96. The van der Waals surface area contributed by atoms with Crippen LogP contribution in [0.5, 0.6) is 0 Å². The second kappa shape index (κ2) is 4.59. The Morgan fingerprint density at radius 1 is 1.50 bits per heavy atom. The van der Waals surface area contributed by atoms with Crippen LogP contribution >= 0.6 is 0 Å². The van der Waals surface area contributed by atoms with E-state index in [0.717, 1.165) is 5.56 Å². The van der Waals surface area contributed by atoms with Crippen molar-refractivity contribution in [2.24, 2.45) is 0 Å². The fraction of sp³-hybridized carbons (Fsp3) is 0.250. The maximum atomic E-state index is 11.0. The van der Waals surface area contributed by atoms with E-state index in [1.165, 1.54) is 6.92 Å². The second-order valence-corrected chi connectivity index (χ2v) is 3.08. The van der Waals surface area contributed by atoms with Gasteiger partial charge in [-0.3, -0.25) is 4.79 Å². The monoisotopic (exact) mass is 188 g/mol. The molecule has 2 nitrogen and oxygen atoms in total. The van der Waals surface area contributed by atoms with Gasteiger partial charge in [0.2, 0.25) is 0 Å². The van der Waals surface area contributed by atoms with E-state index in [1.807, 2.05) is 6.07 Å². The van der Waals surface area contributed by atoms with E-state index in [9.17, 15) is 4.79 Å². The fourth-order valence-corrected chi connectivity index (χ4v) is 1.00. The molecule has 0 aliphatic heterocycles. The molecule has 0 bridgehead atoms. The van der Waals surface area contributed by atoms with Crippen molar-refractivity contribution < 1.29 is 9.90 Å². The molecule has 0 amide bonds. The lowest BCUT2D eigenvalue weighted by molar-refractivity contribution is 0.101. The average Bonchev–Trinajstić information content (AvgIpc) is 2.15. The van der Waals surface area contributed by atoms with E-state index in [1.54, 1.807) is 25.1 Å². The molecule has 14 heavy (non-hydrogen) atoms. The Labute approximate surface area is 83.6 Å². The van der Waals surface area contributed by atoms with Crippen molar-refractivity contribution in [3.05, 3.63) is 35.4 Å². The first-order valence-corrected chi connectivity index (χ1v) is 4.40. The summed E-state index contributed by atoms with van der Waals surface area (Å²) in [4.78, 5) is 11.0. The number of ketones is 1. The zero-order chi connectivity index (χ0) is 10.6. The Hall–Kier alpha value is -1.59. The zero-order valence-electron chi connectivity index (χ0n) is 8.24. The van der Waals surface area contributed by atoms with Gasteiger partial charge in [-0.25, -0.2) is 0 Å². The van der Waals surface area contributed by atoms with Crippen molar-refractivity contribution >= 4 is 5.78 Å². The van der Waals surface area contributed by atoms with E-state index in [-0.39, 0.29) is 5.78 Å². The maximum absolute atomic E-state index is 11.0. The van der Waals surface area contributed by atoms with Gasteiger partial charge >= 0.3 is 0 Å². The summed E-state index contributed by atoms with van der Waals surface area (Å²) >= 11 is 0. The van der Waals surface area contributed by atoms with Gasteiger partial charge in [0.05, 0.1) is 0 Å². The number of carbonyl (C=O) groups is 1. The molecule has 0 spiro atoms. The van der Waals surface area contributed by atoms with E-state index in [4.69, 9.17) is 5.11 Å². The molecule has 1 atom stereocenters. The molecule has 1 rings (SSSR count). The minimum atomic E-state index is -0.643.